The summed E-state index contributed by atoms with van der Waals surface area (Å²) >= 11 is 0. The standard InChI is InChI=1S/C14H20N4/c1-3-11-4-6-12(7-5-11)9-18(2)10-13-8-14(15)17-16-13/h4-8H,3,9-10H2,1-2H3,(H3,15,16,17). The number of rotatable bonds is 5. The molecule has 2 rings (SSSR count). The summed E-state index contributed by atoms with van der Waals surface area (Å²) in [6.07, 6.45) is 1.09. The molecule has 0 saturated carbocycles. The highest BCUT2D eigenvalue weighted by molar-refractivity contribution is 5.28. The van der Waals surface area contributed by atoms with Crippen molar-refractivity contribution in [2.24, 2.45) is 0 Å². The molecule has 0 aliphatic carbocycles. The normalized spacial score (nSPS) is 11.1. The number of benzene rings is 1. The fraction of sp³-hybridized carbons (Fsp3) is 0.357. The molecule has 0 unspecified atom stereocenters. The highest BCUT2D eigenvalue weighted by Gasteiger charge is 2.04. The van der Waals surface area contributed by atoms with Gasteiger partial charge >= 0.3 is 0 Å². The predicted molar refractivity (Wildman–Crippen MR) is 74.0 cm³/mol. The summed E-state index contributed by atoms with van der Waals surface area (Å²) in [5.74, 6) is 0.547. The van der Waals surface area contributed by atoms with Crippen molar-refractivity contribution in [2.75, 3.05) is 12.8 Å². The number of nitrogens with one attached hydrogen (secondary N) is 1. The predicted octanol–water partition coefficient (Wildman–Crippen LogP) is 2.19. The summed E-state index contributed by atoms with van der Waals surface area (Å²) < 4.78 is 0. The maximum Gasteiger partial charge on any atom is 0.145 e. The first-order chi connectivity index (χ1) is 8.67. The molecule has 0 amide bonds. The van der Waals surface area contributed by atoms with Crippen molar-refractivity contribution >= 4 is 5.82 Å². The van der Waals surface area contributed by atoms with Crippen LogP contribution in [0.2, 0.25) is 0 Å². The molecule has 2 aromatic rings. The van der Waals surface area contributed by atoms with E-state index in [4.69, 9.17) is 5.73 Å². The van der Waals surface area contributed by atoms with E-state index in [2.05, 4.69) is 53.3 Å². The van der Waals surface area contributed by atoms with Crippen molar-refractivity contribution in [2.45, 2.75) is 26.4 Å². The van der Waals surface area contributed by atoms with Crippen molar-refractivity contribution in [3.63, 3.8) is 0 Å². The highest BCUT2D eigenvalue weighted by atomic mass is 15.2. The monoisotopic (exact) mass is 244 g/mol. The first-order valence-electron chi connectivity index (χ1n) is 6.23. The van der Waals surface area contributed by atoms with Gasteiger partial charge in [0.2, 0.25) is 0 Å². The Hall–Kier alpha value is -1.81. The van der Waals surface area contributed by atoms with Crippen molar-refractivity contribution in [3.8, 4) is 0 Å². The molecule has 3 N–H and O–H groups in total. The third kappa shape index (κ3) is 3.34. The van der Waals surface area contributed by atoms with E-state index in [0.717, 1.165) is 25.2 Å². The number of nitrogen functional groups attached to an aromatic ring is 1. The van der Waals surface area contributed by atoms with Crippen LogP contribution in [-0.4, -0.2) is 22.1 Å². The molecule has 96 valence electrons. The number of hydrogen-bond acceptors (Lipinski definition) is 3. The van der Waals surface area contributed by atoms with E-state index in [0.29, 0.717) is 5.82 Å². The zero-order valence-corrected chi connectivity index (χ0v) is 11.0. The molecule has 0 radical (unpaired) electrons. The van der Waals surface area contributed by atoms with E-state index < -0.39 is 0 Å². The van der Waals surface area contributed by atoms with Crippen LogP contribution in [0.3, 0.4) is 0 Å². The smallest absolute Gasteiger partial charge is 0.145 e. The van der Waals surface area contributed by atoms with Gasteiger partial charge in [0.15, 0.2) is 0 Å². The molecule has 0 spiro atoms. The Morgan fingerprint density at radius 1 is 1.17 bits per heavy atom. The van der Waals surface area contributed by atoms with E-state index in [-0.39, 0.29) is 0 Å². The molecule has 0 aliphatic heterocycles. The first-order valence-corrected chi connectivity index (χ1v) is 6.23. The number of nitrogens with zero attached hydrogens (tertiary/aromatic N) is 2. The van der Waals surface area contributed by atoms with Crippen LogP contribution in [0, 0.1) is 0 Å². The molecule has 0 bridgehead atoms. The Labute approximate surface area is 108 Å². The van der Waals surface area contributed by atoms with E-state index in [1.54, 1.807) is 0 Å². The fourth-order valence-corrected chi connectivity index (χ4v) is 2.00. The van der Waals surface area contributed by atoms with Gasteiger partial charge in [0.05, 0.1) is 5.69 Å². The Balaban J connectivity index is 1.91. The number of aromatic amines is 1. The number of anilines is 1. The average molecular weight is 244 g/mol. The lowest BCUT2D eigenvalue weighted by molar-refractivity contribution is 0.315. The van der Waals surface area contributed by atoms with Gasteiger partial charge < -0.3 is 5.73 Å². The van der Waals surface area contributed by atoms with Gasteiger partial charge in [0, 0.05) is 19.2 Å². The van der Waals surface area contributed by atoms with Crippen LogP contribution in [0.15, 0.2) is 30.3 Å². The lowest BCUT2D eigenvalue weighted by Crippen LogP contribution is -2.17. The van der Waals surface area contributed by atoms with Crippen LogP contribution in [-0.2, 0) is 19.5 Å². The van der Waals surface area contributed by atoms with E-state index in [9.17, 15) is 0 Å². The van der Waals surface area contributed by atoms with Crippen LogP contribution in [0.5, 0.6) is 0 Å². The zero-order valence-electron chi connectivity index (χ0n) is 11.0. The molecule has 4 nitrogen and oxygen atoms in total. The molecule has 0 aliphatic rings. The summed E-state index contributed by atoms with van der Waals surface area (Å²) in [5, 5.41) is 6.85. The third-order valence-corrected chi connectivity index (χ3v) is 2.97. The maximum atomic E-state index is 5.58. The van der Waals surface area contributed by atoms with Gasteiger partial charge in [-0.05, 0) is 24.6 Å². The van der Waals surface area contributed by atoms with Crippen molar-refractivity contribution in [3.05, 3.63) is 47.2 Å². The van der Waals surface area contributed by atoms with Crippen LogP contribution in [0.1, 0.15) is 23.7 Å². The molecule has 1 aromatic carbocycles. The fourth-order valence-electron chi connectivity index (χ4n) is 2.00. The lowest BCUT2D eigenvalue weighted by Gasteiger charge is -2.15. The van der Waals surface area contributed by atoms with E-state index >= 15 is 0 Å². The second kappa shape index (κ2) is 5.69. The largest absolute Gasteiger partial charge is 0.382 e. The zero-order chi connectivity index (χ0) is 13.0. The van der Waals surface area contributed by atoms with Crippen molar-refractivity contribution in [1.29, 1.82) is 0 Å². The molecule has 0 fully saturated rings. The Morgan fingerprint density at radius 2 is 1.83 bits per heavy atom. The second-order valence-electron chi connectivity index (χ2n) is 4.66. The molecule has 0 saturated heterocycles. The number of hydrogen-bond donors (Lipinski definition) is 2. The molecular weight excluding hydrogens is 224 g/mol. The van der Waals surface area contributed by atoms with Gasteiger partial charge in [-0.15, -0.1) is 0 Å². The summed E-state index contributed by atoms with van der Waals surface area (Å²) in [6, 6.07) is 10.6. The molecule has 18 heavy (non-hydrogen) atoms. The summed E-state index contributed by atoms with van der Waals surface area (Å²) in [4.78, 5) is 2.23. The topological polar surface area (TPSA) is 57.9 Å². The Morgan fingerprint density at radius 3 is 2.39 bits per heavy atom. The van der Waals surface area contributed by atoms with Gasteiger partial charge in [0.25, 0.3) is 0 Å². The van der Waals surface area contributed by atoms with Crippen molar-refractivity contribution in [1.82, 2.24) is 15.1 Å². The first kappa shape index (κ1) is 12.6. The molecular formula is C14H20N4. The number of H-pyrrole nitrogens is 1. The Bertz CT molecular complexity index is 487. The van der Waals surface area contributed by atoms with Gasteiger partial charge in [-0.2, -0.15) is 5.10 Å². The second-order valence-corrected chi connectivity index (χ2v) is 4.66. The highest BCUT2D eigenvalue weighted by Crippen LogP contribution is 2.10. The molecule has 0 atom stereocenters. The summed E-state index contributed by atoms with van der Waals surface area (Å²) in [5.41, 5.74) is 9.32. The average Bonchev–Trinajstić information content (AvgIpc) is 2.75. The minimum absolute atomic E-state index is 0.547. The van der Waals surface area contributed by atoms with E-state index in [1.165, 1.54) is 11.1 Å². The molecule has 1 heterocycles. The quantitative estimate of drug-likeness (QED) is 0.847. The third-order valence-electron chi connectivity index (χ3n) is 2.97. The Kier molecular flexibility index (Phi) is 3.99. The SMILES string of the molecule is CCc1ccc(CN(C)Cc2cc(N)n[nH]2)cc1. The maximum absolute atomic E-state index is 5.58. The lowest BCUT2D eigenvalue weighted by atomic mass is 10.1. The van der Waals surface area contributed by atoms with Crippen LogP contribution < -0.4 is 5.73 Å². The van der Waals surface area contributed by atoms with Crippen LogP contribution in [0.25, 0.3) is 0 Å². The van der Waals surface area contributed by atoms with E-state index in [1.807, 2.05) is 6.07 Å². The van der Waals surface area contributed by atoms with Gasteiger partial charge in [-0.3, -0.25) is 10.00 Å². The summed E-state index contributed by atoms with van der Waals surface area (Å²) in [7, 11) is 2.09. The van der Waals surface area contributed by atoms with Crippen molar-refractivity contribution < 1.29 is 0 Å². The number of aryl methyl sites for hydroxylation is 1. The minimum atomic E-state index is 0.547. The van der Waals surface area contributed by atoms with Crippen LogP contribution >= 0.6 is 0 Å². The van der Waals surface area contributed by atoms with Crippen LogP contribution in [0.4, 0.5) is 5.82 Å². The van der Waals surface area contributed by atoms with Gasteiger partial charge in [0.1, 0.15) is 5.82 Å². The van der Waals surface area contributed by atoms with Gasteiger partial charge in [-0.25, -0.2) is 0 Å². The number of nitrogens with two attached hydrogens (primary N) is 1. The number of aromatic nitrogens is 2. The molecule has 4 heteroatoms. The summed E-state index contributed by atoms with van der Waals surface area (Å²) in [6.45, 7) is 3.91. The molecule has 1 aromatic heterocycles. The minimum Gasteiger partial charge on any atom is -0.382 e. The van der Waals surface area contributed by atoms with Gasteiger partial charge in [-0.1, -0.05) is 31.2 Å².